The number of ether oxygens (including phenoxy) is 2. The predicted molar refractivity (Wildman–Crippen MR) is 127 cm³/mol. The topological polar surface area (TPSA) is 54.9 Å². The molecule has 154 valence electrons. The second-order valence-corrected chi connectivity index (χ2v) is 6.31. The van der Waals surface area contributed by atoms with Crippen LogP contribution in [0.4, 0.5) is 0 Å². The summed E-state index contributed by atoms with van der Waals surface area (Å²) in [4.78, 5) is 4.72. The van der Waals surface area contributed by atoms with Gasteiger partial charge in [-0.15, -0.1) is 24.0 Å². The number of nitrogens with one attached hydrogen (secondary N) is 2. The van der Waals surface area contributed by atoms with Crippen molar-refractivity contribution in [2.75, 3.05) is 26.9 Å². The van der Waals surface area contributed by atoms with E-state index in [1.165, 1.54) is 5.56 Å². The summed E-state index contributed by atoms with van der Waals surface area (Å²) in [6, 6.07) is 18.6. The van der Waals surface area contributed by atoms with Crippen LogP contribution < -0.4 is 15.4 Å². The van der Waals surface area contributed by atoms with E-state index in [0.29, 0.717) is 19.8 Å². The second kappa shape index (κ2) is 14.2. The van der Waals surface area contributed by atoms with Gasteiger partial charge >= 0.3 is 0 Å². The Morgan fingerprint density at radius 2 is 1.86 bits per heavy atom. The van der Waals surface area contributed by atoms with Crippen LogP contribution in [0.3, 0.4) is 0 Å². The molecule has 0 saturated carbocycles. The van der Waals surface area contributed by atoms with Crippen LogP contribution in [0.1, 0.15) is 37.4 Å². The molecular formula is C22H32IN3O2. The summed E-state index contributed by atoms with van der Waals surface area (Å²) in [5.41, 5.74) is 2.35. The van der Waals surface area contributed by atoms with Crippen LogP contribution in [-0.4, -0.2) is 32.8 Å². The zero-order valence-corrected chi connectivity index (χ0v) is 19.3. The third-order valence-corrected chi connectivity index (χ3v) is 4.08. The summed E-state index contributed by atoms with van der Waals surface area (Å²) in [6.07, 6.45) is 0.880. The number of methoxy groups -OCH3 is 1. The number of guanidine groups is 1. The molecule has 2 rings (SSSR count). The van der Waals surface area contributed by atoms with Crippen molar-refractivity contribution < 1.29 is 9.47 Å². The van der Waals surface area contributed by atoms with Crippen LogP contribution in [0, 0.1) is 0 Å². The smallest absolute Gasteiger partial charge is 0.192 e. The van der Waals surface area contributed by atoms with E-state index < -0.39 is 0 Å². The van der Waals surface area contributed by atoms with Crippen molar-refractivity contribution in [3.63, 3.8) is 0 Å². The van der Waals surface area contributed by atoms with Crippen molar-refractivity contribution in [2.45, 2.75) is 32.9 Å². The molecule has 0 saturated heterocycles. The van der Waals surface area contributed by atoms with Gasteiger partial charge in [0.25, 0.3) is 0 Å². The van der Waals surface area contributed by atoms with Gasteiger partial charge in [-0.2, -0.15) is 0 Å². The molecule has 0 aliphatic carbocycles. The monoisotopic (exact) mass is 497 g/mol. The van der Waals surface area contributed by atoms with Gasteiger partial charge in [0.15, 0.2) is 5.96 Å². The van der Waals surface area contributed by atoms with Crippen LogP contribution in [0.2, 0.25) is 0 Å². The van der Waals surface area contributed by atoms with E-state index in [0.717, 1.165) is 30.2 Å². The lowest BCUT2D eigenvalue weighted by Gasteiger charge is -2.18. The summed E-state index contributed by atoms with van der Waals surface area (Å²) in [6.45, 7) is 6.97. The number of nitrogens with zero attached hydrogens (tertiary/aromatic N) is 1. The van der Waals surface area contributed by atoms with Crippen LogP contribution in [0.25, 0.3) is 0 Å². The highest BCUT2D eigenvalue weighted by molar-refractivity contribution is 14.0. The summed E-state index contributed by atoms with van der Waals surface area (Å²) in [5.74, 6) is 1.68. The van der Waals surface area contributed by atoms with Crippen LogP contribution in [0.15, 0.2) is 59.6 Å². The molecule has 0 aliphatic heterocycles. The normalized spacial score (nSPS) is 12.0. The van der Waals surface area contributed by atoms with E-state index in [-0.39, 0.29) is 30.0 Å². The SMILES string of the molecule is CCNC(=NCc1cccc(OCCCOC)c1)NC(C)c1ccccc1.I. The number of hydrogen-bond donors (Lipinski definition) is 2. The average molecular weight is 497 g/mol. The maximum atomic E-state index is 5.77. The zero-order valence-electron chi connectivity index (χ0n) is 17.0. The Bertz CT molecular complexity index is 695. The maximum absolute atomic E-state index is 5.77. The van der Waals surface area contributed by atoms with E-state index >= 15 is 0 Å². The predicted octanol–water partition coefficient (Wildman–Crippen LogP) is 4.54. The molecule has 0 aromatic heterocycles. The van der Waals surface area contributed by atoms with Crippen molar-refractivity contribution in [3.8, 4) is 5.75 Å². The highest BCUT2D eigenvalue weighted by Crippen LogP contribution is 2.15. The van der Waals surface area contributed by atoms with Crippen molar-refractivity contribution in [1.29, 1.82) is 0 Å². The van der Waals surface area contributed by atoms with Gasteiger partial charge in [-0.05, 0) is 37.1 Å². The van der Waals surface area contributed by atoms with Gasteiger partial charge in [0, 0.05) is 26.7 Å². The molecular weight excluding hydrogens is 465 g/mol. The molecule has 0 fully saturated rings. The third kappa shape index (κ3) is 8.93. The van der Waals surface area contributed by atoms with Crippen LogP contribution in [-0.2, 0) is 11.3 Å². The lowest BCUT2D eigenvalue weighted by Crippen LogP contribution is -2.38. The number of rotatable bonds is 10. The first-order valence-electron chi connectivity index (χ1n) is 9.53. The molecule has 2 aromatic rings. The maximum Gasteiger partial charge on any atom is 0.192 e. The minimum Gasteiger partial charge on any atom is -0.493 e. The summed E-state index contributed by atoms with van der Waals surface area (Å²) < 4.78 is 10.8. The first-order valence-corrected chi connectivity index (χ1v) is 9.53. The molecule has 0 aliphatic rings. The van der Waals surface area contributed by atoms with Gasteiger partial charge < -0.3 is 20.1 Å². The average Bonchev–Trinajstić information content (AvgIpc) is 2.70. The fourth-order valence-electron chi connectivity index (χ4n) is 2.65. The van der Waals surface area contributed by atoms with Crippen molar-refractivity contribution >= 4 is 29.9 Å². The first kappa shape index (κ1) is 24.2. The molecule has 1 atom stereocenters. The van der Waals surface area contributed by atoms with Gasteiger partial charge in [-0.1, -0.05) is 42.5 Å². The number of benzene rings is 2. The van der Waals surface area contributed by atoms with Crippen molar-refractivity contribution in [3.05, 3.63) is 65.7 Å². The standard InChI is InChI=1S/C22H31N3O2.HI/c1-4-23-22(25-18(2)20-11-6-5-7-12-20)24-17-19-10-8-13-21(16-19)27-15-9-14-26-3;/h5-8,10-13,16,18H,4,9,14-15,17H2,1-3H3,(H2,23,24,25);1H. The molecule has 0 amide bonds. The molecule has 0 spiro atoms. The molecule has 0 bridgehead atoms. The largest absolute Gasteiger partial charge is 0.493 e. The summed E-state index contributed by atoms with van der Waals surface area (Å²) in [5, 5.41) is 6.77. The fraction of sp³-hybridized carbons (Fsp3) is 0.409. The lowest BCUT2D eigenvalue weighted by atomic mass is 10.1. The van der Waals surface area contributed by atoms with E-state index in [4.69, 9.17) is 14.5 Å². The van der Waals surface area contributed by atoms with E-state index in [9.17, 15) is 0 Å². The third-order valence-electron chi connectivity index (χ3n) is 4.08. The molecule has 0 radical (unpaired) electrons. The quantitative estimate of drug-likeness (QED) is 0.219. The molecule has 2 N–H and O–H groups in total. The molecule has 2 aromatic carbocycles. The Kier molecular flexibility index (Phi) is 12.3. The molecule has 1 unspecified atom stereocenters. The van der Waals surface area contributed by atoms with Crippen LogP contribution >= 0.6 is 24.0 Å². The van der Waals surface area contributed by atoms with E-state index in [1.807, 2.05) is 24.3 Å². The summed E-state index contributed by atoms with van der Waals surface area (Å²) in [7, 11) is 1.70. The zero-order chi connectivity index (χ0) is 19.3. The first-order chi connectivity index (χ1) is 13.2. The number of hydrogen-bond acceptors (Lipinski definition) is 3. The van der Waals surface area contributed by atoms with Gasteiger partial charge in [-0.3, -0.25) is 0 Å². The Balaban J connectivity index is 0.00000392. The van der Waals surface area contributed by atoms with E-state index in [2.05, 4.69) is 54.8 Å². The van der Waals surface area contributed by atoms with Gasteiger partial charge in [0.05, 0.1) is 19.2 Å². The number of halogens is 1. The fourth-order valence-corrected chi connectivity index (χ4v) is 2.65. The Labute approximate surface area is 186 Å². The van der Waals surface area contributed by atoms with Crippen molar-refractivity contribution in [1.82, 2.24) is 10.6 Å². The van der Waals surface area contributed by atoms with Gasteiger partial charge in [-0.25, -0.2) is 4.99 Å². The molecule has 0 heterocycles. The minimum atomic E-state index is 0. The number of aliphatic imine (C=N–C) groups is 1. The van der Waals surface area contributed by atoms with Crippen LogP contribution in [0.5, 0.6) is 5.75 Å². The Hall–Kier alpha value is -1.80. The summed E-state index contributed by atoms with van der Waals surface area (Å²) >= 11 is 0. The van der Waals surface area contributed by atoms with Gasteiger partial charge in [0.2, 0.25) is 0 Å². The Morgan fingerprint density at radius 3 is 2.57 bits per heavy atom. The highest BCUT2D eigenvalue weighted by Gasteiger charge is 2.07. The Morgan fingerprint density at radius 1 is 1.07 bits per heavy atom. The van der Waals surface area contributed by atoms with E-state index in [1.54, 1.807) is 7.11 Å². The highest BCUT2D eigenvalue weighted by atomic mass is 127. The molecule has 6 heteroatoms. The molecule has 28 heavy (non-hydrogen) atoms. The molecule has 5 nitrogen and oxygen atoms in total. The van der Waals surface area contributed by atoms with Crippen molar-refractivity contribution in [2.24, 2.45) is 4.99 Å². The lowest BCUT2D eigenvalue weighted by molar-refractivity contribution is 0.172. The second-order valence-electron chi connectivity index (χ2n) is 6.31. The minimum absolute atomic E-state index is 0. The van der Waals surface area contributed by atoms with Gasteiger partial charge in [0.1, 0.15) is 5.75 Å².